The Kier molecular flexibility index (Phi) is 6.39. The van der Waals surface area contributed by atoms with E-state index >= 15 is 0 Å². The van der Waals surface area contributed by atoms with E-state index in [-0.39, 0.29) is 10.5 Å². The molecule has 2 amide bonds. The van der Waals surface area contributed by atoms with E-state index in [2.05, 4.69) is 30.6 Å². The molecule has 6 heteroatoms. The summed E-state index contributed by atoms with van der Waals surface area (Å²) in [6.07, 6.45) is 0. The first kappa shape index (κ1) is 10.6. The summed E-state index contributed by atoms with van der Waals surface area (Å²) < 4.78 is 0.0903. The molecule has 48 valence electrons. The SMILES string of the molecule is N.NC(=O)NC(=S)S. The van der Waals surface area contributed by atoms with Gasteiger partial charge in [0, 0.05) is 0 Å². The molecule has 0 aromatic rings. The smallest absolute Gasteiger partial charge is 0.317 e. The van der Waals surface area contributed by atoms with Gasteiger partial charge in [0.25, 0.3) is 0 Å². The topological polar surface area (TPSA) is 90.1 Å². The van der Waals surface area contributed by atoms with E-state index in [1.54, 1.807) is 0 Å². The van der Waals surface area contributed by atoms with Crippen LogP contribution in [-0.4, -0.2) is 10.4 Å². The molecule has 0 atom stereocenters. The Bertz CT molecular complexity index is 91.5. The van der Waals surface area contributed by atoms with Crippen molar-refractivity contribution in [3.8, 4) is 0 Å². The first-order chi connectivity index (χ1) is 3.13. The number of rotatable bonds is 0. The molecule has 0 fully saturated rings. The molecule has 0 aliphatic heterocycles. The summed E-state index contributed by atoms with van der Waals surface area (Å²) in [6, 6.07) is -0.681. The van der Waals surface area contributed by atoms with Gasteiger partial charge in [-0.25, -0.2) is 4.79 Å². The fraction of sp³-hybridized carbons (Fsp3) is 0. The molecule has 0 heterocycles. The third-order valence-corrected chi connectivity index (χ3v) is 0.444. The Hall–Kier alpha value is -0.330. The lowest BCUT2D eigenvalue weighted by Crippen LogP contribution is -2.30. The van der Waals surface area contributed by atoms with Crippen LogP contribution in [0.4, 0.5) is 4.79 Å². The van der Waals surface area contributed by atoms with E-state index in [1.807, 2.05) is 5.32 Å². The highest BCUT2D eigenvalue weighted by Crippen LogP contribution is 1.73. The van der Waals surface area contributed by atoms with E-state index in [9.17, 15) is 4.79 Å². The van der Waals surface area contributed by atoms with Crippen molar-refractivity contribution in [1.82, 2.24) is 11.5 Å². The van der Waals surface area contributed by atoms with Crippen molar-refractivity contribution in [3.05, 3.63) is 0 Å². The van der Waals surface area contributed by atoms with Crippen LogP contribution in [0.5, 0.6) is 0 Å². The molecule has 6 N–H and O–H groups in total. The van der Waals surface area contributed by atoms with Crippen molar-refractivity contribution in [2.45, 2.75) is 0 Å². The van der Waals surface area contributed by atoms with Gasteiger partial charge in [0.2, 0.25) is 0 Å². The molecule has 4 nitrogen and oxygen atoms in total. The van der Waals surface area contributed by atoms with Crippen molar-refractivity contribution >= 4 is 35.2 Å². The van der Waals surface area contributed by atoms with Crippen LogP contribution in [0.15, 0.2) is 0 Å². The Morgan fingerprint density at radius 1 is 1.75 bits per heavy atom. The van der Waals surface area contributed by atoms with Crippen LogP contribution >= 0.6 is 24.8 Å². The van der Waals surface area contributed by atoms with E-state index in [0.29, 0.717) is 0 Å². The van der Waals surface area contributed by atoms with Gasteiger partial charge in [-0.3, -0.25) is 5.32 Å². The molecule has 0 saturated heterocycles. The van der Waals surface area contributed by atoms with Gasteiger partial charge in [-0.15, -0.1) is 12.6 Å². The predicted molar refractivity (Wildman–Crippen MR) is 39.3 cm³/mol. The van der Waals surface area contributed by atoms with Crippen LogP contribution in [0.25, 0.3) is 0 Å². The molecule has 0 radical (unpaired) electrons. The third kappa shape index (κ3) is 9.18. The average molecular weight is 153 g/mol. The number of thiocarbonyl (C=S) groups is 1. The third-order valence-electron chi connectivity index (χ3n) is 0.230. The molecule has 0 saturated carbocycles. The fourth-order valence-corrected chi connectivity index (χ4v) is 0.316. The monoisotopic (exact) mass is 153 g/mol. The summed E-state index contributed by atoms with van der Waals surface area (Å²) in [4.78, 5) is 9.78. The van der Waals surface area contributed by atoms with Crippen LogP contribution in [-0.2, 0) is 0 Å². The van der Waals surface area contributed by atoms with Crippen LogP contribution in [0.1, 0.15) is 0 Å². The van der Waals surface area contributed by atoms with Crippen molar-refractivity contribution in [2.24, 2.45) is 5.73 Å². The molecule has 0 aliphatic carbocycles. The minimum absolute atomic E-state index is 0. The number of urea groups is 1. The fourth-order valence-electron chi connectivity index (χ4n) is 0.105. The molecule has 0 rings (SSSR count). The quantitative estimate of drug-likeness (QED) is 0.292. The molecular weight excluding hydrogens is 146 g/mol. The summed E-state index contributed by atoms with van der Waals surface area (Å²) in [5.41, 5.74) is 4.61. The van der Waals surface area contributed by atoms with Gasteiger partial charge in [0.1, 0.15) is 4.32 Å². The van der Waals surface area contributed by atoms with Gasteiger partial charge >= 0.3 is 6.03 Å². The first-order valence-corrected chi connectivity index (χ1v) is 2.28. The zero-order chi connectivity index (χ0) is 5.86. The average Bonchev–Trinajstić information content (AvgIpc) is 1.27. The highest BCUT2D eigenvalue weighted by atomic mass is 32.1. The van der Waals surface area contributed by atoms with Crippen molar-refractivity contribution in [3.63, 3.8) is 0 Å². The minimum Gasteiger partial charge on any atom is -0.351 e. The molecule has 0 bridgehead atoms. The zero-order valence-electron chi connectivity index (χ0n) is 4.05. The zero-order valence-corrected chi connectivity index (χ0v) is 5.76. The summed E-state index contributed by atoms with van der Waals surface area (Å²) in [7, 11) is 0. The van der Waals surface area contributed by atoms with Gasteiger partial charge in [0.15, 0.2) is 0 Å². The normalized spacial score (nSPS) is 6.62. The highest BCUT2D eigenvalue weighted by molar-refractivity contribution is 8.11. The van der Waals surface area contributed by atoms with Gasteiger partial charge in [-0.1, -0.05) is 12.2 Å². The van der Waals surface area contributed by atoms with Crippen molar-refractivity contribution in [2.75, 3.05) is 0 Å². The Morgan fingerprint density at radius 3 is 2.12 bits per heavy atom. The standard InChI is InChI=1S/C2H4N2OS2.H3N/c3-1(5)4-2(6)7;/h(H4,3,4,5,6,7);1H3. The molecule has 0 spiro atoms. The van der Waals surface area contributed by atoms with Crippen LogP contribution in [0.3, 0.4) is 0 Å². The number of carbonyl (C=O) groups excluding carboxylic acids is 1. The lowest BCUT2D eigenvalue weighted by atomic mass is 11.0. The van der Waals surface area contributed by atoms with E-state index in [0.717, 1.165) is 0 Å². The molecule has 8 heavy (non-hydrogen) atoms. The molecule has 0 aromatic heterocycles. The number of thiol groups is 1. The number of hydrogen-bond acceptors (Lipinski definition) is 3. The van der Waals surface area contributed by atoms with Gasteiger partial charge < -0.3 is 11.9 Å². The predicted octanol–water partition coefficient (Wildman–Crippen LogP) is 0.0314. The van der Waals surface area contributed by atoms with E-state index < -0.39 is 6.03 Å². The molecule has 0 aromatic carbocycles. The second-order valence-electron chi connectivity index (χ2n) is 0.794. The molecule has 0 unspecified atom stereocenters. The maximum absolute atomic E-state index is 9.78. The number of amides is 2. The second kappa shape index (κ2) is 4.82. The van der Waals surface area contributed by atoms with Crippen LogP contribution in [0, 0.1) is 0 Å². The van der Waals surface area contributed by atoms with E-state index in [1.165, 1.54) is 0 Å². The summed E-state index contributed by atoms with van der Waals surface area (Å²) in [5, 5.41) is 2.04. The van der Waals surface area contributed by atoms with Crippen molar-refractivity contribution < 1.29 is 4.79 Å². The number of carbonyl (C=O) groups is 1. The summed E-state index contributed by atoms with van der Waals surface area (Å²) >= 11 is 7.88. The lowest BCUT2D eigenvalue weighted by molar-refractivity contribution is 0.253. The number of nitrogens with two attached hydrogens (primary N) is 1. The van der Waals surface area contributed by atoms with Gasteiger partial charge in [-0.2, -0.15) is 0 Å². The highest BCUT2D eigenvalue weighted by Gasteiger charge is 1.88. The van der Waals surface area contributed by atoms with Crippen LogP contribution < -0.4 is 17.2 Å². The Labute approximate surface area is 57.8 Å². The largest absolute Gasteiger partial charge is 0.351 e. The van der Waals surface area contributed by atoms with Gasteiger partial charge in [0.05, 0.1) is 0 Å². The molecule has 0 aliphatic rings. The summed E-state index contributed by atoms with van der Waals surface area (Å²) in [6.45, 7) is 0. The van der Waals surface area contributed by atoms with E-state index in [4.69, 9.17) is 0 Å². The number of hydrogen-bond donors (Lipinski definition) is 4. The van der Waals surface area contributed by atoms with Crippen molar-refractivity contribution in [1.29, 1.82) is 0 Å². The lowest BCUT2D eigenvalue weighted by Gasteiger charge is -1.90. The van der Waals surface area contributed by atoms with Crippen LogP contribution in [0.2, 0.25) is 0 Å². The minimum atomic E-state index is -0.681. The second-order valence-corrected chi connectivity index (χ2v) is 1.95. The Balaban J connectivity index is 0. The number of primary amides is 1. The van der Waals surface area contributed by atoms with Gasteiger partial charge in [-0.05, 0) is 0 Å². The number of nitrogens with one attached hydrogen (secondary N) is 1. The summed E-state index contributed by atoms with van der Waals surface area (Å²) in [5.74, 6) is 0. The maximum atomic E-state index is 9.78. The first-order valence-electron chi connectivity index (χ1n) is 1.42. The Morgan fingerprint density at radius 2 is 2.12 bits per heavy atom. The maximum Gasteiger partial charge on any atom is 0.317 e. The molecular formula is C2H7N3OS2.